The van der Waals surface area contributed by atoms with Gasteiger partial charge in [0.2, 0.25) is 10.0 Å². The van der Waals surface area contributed by atoms with Crippen molar-refractivity contribution in [2.75, 3.05) is 7.11 Å². The number of hydrogen-bond donors (Lipinski definition) is 1. The van der Waals surface area contributed by atoms with Crippen LogP contribution in [0.1, 0.15) is 12.5 Å². The molecule has 0 radical (unpaired) electrons. The van der Waals surface area contributed by atoms with Crippen LogP contribution in [0.5, 0.6) is 0 Å². The van der Waals surface area contributed by atoms with Gasteiger partial charge in [-0.25, -0.2) is 8.42 Å². The topological polar surface area (TPSA) is 96.3 Å². The van der Waals surface area contributed by atoms with Crippen LogP contribution in [0.3, 0.4) is 0 Å². The lowest BCUT2D eigenvalue weighted by Crippen LogP contribution is -2.39. The minimum atomic E-state index is -3.96. The molecule has 6 nitrogen and oxygen atoms in total. The molecule has 1 aromatic rings. The molecule has 0 saturated carbocycles. The smallest absolute Gasteiger partial charge is 0.323 e. The maximum atomic E-state index is 12.0. The van der Waals surface area contributed by atoms with Gasteiger partial charge in [0, 0.05) is 0 Å². The van der Waals surface area contributed by atoms with E-state index in [1.807, 2.05) is 6.07 Å². The average molecular weight is 303 g/mol. The molecule has 0 aliphatic heterocycles. The predicted octanol–water partition coefficient (Wildman–Crippen LogP) is 1.05. The number of methoxy groups -OCH3 is 1. The second-order valence-corrected chi connectivity index (χ2v) is 5.71. The van der Waals surface area contributed by atoms with E-state index in [4.69, 9.17) is 16.9 Å². The van der Waals surface area contributed by atoms with Crippen molar-refractivity contribution >= 4 is 27.6 Å². The average Bonchev–Trinajstić information content (AvgIpc) is 2.36. The second-order valence-electron chi connectivity index (χ2n) is 3.62. The summed E-state index contributed by atoms with van der Waals surface area (Å²) in [5, 5.41) is 8.58. The summed E-state index contributed by atoms with van der Waals surface area (Å²) in [5.41, 5.74) is 0.241. The van der Waals surface area contributed by atoms with Crippen LogP contribution in [0.25, 0.3) is 0 Å². The third-order valence-corrected chi connectivity index (χ3v) is 4.26. The number of nitrogens with zero attached hydrogens (tertiary/aromatic N) is 1. The maximum Gasteiger partial charge on any atom is 0.323 e. The van der Waals surface area contributed by atoms with Gasteiger partial charge in [0.1, 0.15) is 10.9 Å². The second kappa shape index (κ2) is 6.02. The number of nitrogens with one attached hydrogen (secondary N) is 1. The van der Waals surface area contributed by atoms with Crippen LogP contribution in [0.2, 0.25) is 5.02 Å². The number of nitriles is 1. The van der Waals surface area contributed by atoms with Crippen LogP contribution in [0, 0.1) is 11.3 Å². The maximum absolute atomic E-state index is 12.0. The molecule has 8 heteroatoms. The van der Waals surface area contributed by atoms with E-state index < -0.39 is 22.0 Å². The lowest BCUT2D eigenvalue weighted by molar-refractivity contribution is -0.142. The molecule has 0 aromatic heterocycles. The highest BCUT2D eigenvalue weighted by Gasteiger charge is 2.24. The molecular weight excluding hydrogens is 292 g/mol. The monoisotopic (exact) mass is 302 g/mol. The van der Waals surface area contributed by atoms with Crippen LogP contribution < -0.4 is 4.72 Å². The Labute approximate surface area is 116 Å². The van der Waals surface area contributed by atoms with Crippen molar-refractivity contribution < 1.29 is 17.9 Å². The highest BCUT2D eigenvalue weighted by atomic mass is 35.5. The molecule has 0 aliphatic carbocycles. The van der Waals surface area contributed by atoms with Crippen molar-refractivity contribution in [3.05, 3.63) is 28.8 Å². The molecule has 1 rings (SSSR count). The van der Waals surface area contributed by atoms with E-state index in [0.29, 0.717) is 0 Å². The Morgan fingerprint density at radius 3 is 2.63 bits per heavy atom. The molecule has 0 fully saturated rings. The van der Waals surface area contributed by atoms with Crippen molar-refractivity contribution in [1.29, 1.82) is 5.26 Å². The van der Waals surface area contributed by atoms with E-state index in [0.717, 1.165) is 7.11 Å². The van der Waals surface area contributed by atoms with E-state index in [-0.39, 0.29) is 15.5 Å². The molecular formula is C11H11ClN2O4S. The largest absolute Gasteiger partial charge is 0.468 e. The predicted molar refractivity (Wildman–Crippen MR) is 68.0 cm³/mol. The Hall–Kier alpha value is -1.62. The fourth-order valence-corrected chi connectivity index (χ4v) is 3.05. The molecule has 1 aromatic carbocycles. The Morgan fingerprint density at radius 1 is 1.53 bits per heavy atom. The zero-order valence-electron chi connectivity index (χ0n) is 10.2. The summed E-state index contributed by atoms with van der Waals surface area (Å²) in [6, 6.07) is 4.56. The summed E-state index contributed by atoms with van der Waals surface area (Å²) in [7, 11) is -2.81. The highest BCUT2D eigenvalue weighted by molar-refractivity contribution is 7.89. The first-order valence-electron chi connectivity index (χ1n) is 5.11. The first kappa shape index (κ1) is 15.4. The molecule has 0 unspecified atom stereocenters. The number of benzene rings is 1. The normalized spacial score (nSPS) is 12.5. The molecule has 1 N–H and O–H groups in total. The minimum Gasteiger partial charge on any atom is -0.468 e. The van der Waals surface area contributed by atoms with Crippen LogP contribution in [-0.4, -0.2) is 27.5 Å². The molecule has 0 amide bonds. The van der Waals surface area contributed by atoms with Gasteiger partial charge >= 0.3 is 5.97 Å². The zero-order valence-corrected chi connectivity index (χ0v) is 11.7. The lowest BCUT2D eigenvalue weighted by Gasteiger charge is -2.13. The van der Waals surface area contributed by atoms with Gasteiger partial charge in [-0.15, -0.1) is 0 Å². The summed E-state index contributed by atoms with van der Waals surface area (Å²) >= 11 is 5.80. The number of esters is 1. The molecule has 19 heavy (non-hydrogen) atoms. The van der Waals surface area contributed by atoms with Gasteiger partial charge < -0.3 is 4.74 Å². The standard InChI is InChI=1S/C11H11ClN2O4S/c1-7(11(15)18-2)14-19(16,17)10-4-3-8(6-13)5-9(10)12/h3-5,7,14H,1-2H3/t7-/m0/s1. The fraction of sp³-hybridized carbons (Fsp3) is 0.273. The van der Waals surface area contributed by atoms with Gasteiger partial charge in [0.05, 0.1) is 23.8 Å². The number of sulfonamides is 1. The quantitative estimate of drug-likeness (QED) is 0.839. The molecule has 0 bridgehead atoms. The van der Waals surface area contributed by atoms with Crippen LogP contribution >= 0.6 is 11.6 Å². The van der Waals surface area contributed by atoms with Crippen LogP contribution in [-0.2, 0) is 19.6 Å². The van der Waals surface area contributed by atoms with E-state index in [1.165, 1.54) is 25.1 Å². The third kappa shape index (κ3) is 3.67. The molecule has 0 spiro atoms. The molecule has 0 saturated heterocycles. The van der Waals surface area contributed by atoms with E-state index in [9.17, 15) is 13.2 Å². The summed E-state index contributed by atoms with van der Waals surface area (Å²) in [4.78, 5) is 11.0. The van der Waals surface area contributed by atoms with Crippen LogP contribution in [0.4, 0.5) is 0 Å². The Morgan fingerprint density at radius 2 is 2.16 bits per heavy atom. The van der Waals surface area contributed by atoms with Gasteiger partial charge in [-0.1, -0.05) is 11.6 Å². The van der Waals surface area contributed by atoms with E-state index in [2.05, 4.69) is 9.46 Å². The van der Waals surface area contributed by atoms with Crippen molar-refractivity contribution in [3.63, 3.8) is 0 Å². The highest BCUT2D eigenvalue weighted by Crippen LogP contribution is 2.22. The first-order valence-corrected chi connectivity index (χ1v) is 6.97. The van der Waals surface area contributed by atoms with Gasteiger partial charge in [-0.2, -0.15) is 9.98 Å². The summed E-state index contributed by atoms with van der Waals surface area (Å²) < 4.78 is 30.5. The number of hydrogen-bond acceptors (Lipinski definition) is 5. The third-order valence-electron chi connectivity index (χ3n) is 2.24. The molecule has 102 valence electrons. The number of halogens is 1. The van der Waals surface area contributed by atoms with Gasteiger partial charge in [-0.3, -0.25) is 4.79 Å². The van der Waals surface area contributed by atoms with Gasteiger partial charge in [-0.05, 0) is 25.1 Å². The lowest BCUT2D eigenvalue weighted by atomic mass is 10.2. The van der Waals surface area contributed by atoms with Crippen molar-refractivity contribution in [1.82, 2.24) is 4.72 Å². The Balaban J connectivity index is 3.08. The molecule has 1 atom stereocenters. The minimum absolute atomic E-state index is 0.0939. The molecule has 0 heterocycles. The number of carbonyl (C=O) groups is 1. The molecule has 0 aliphatic rings. The SMILES string of the molecule is COC(=O)[C@H](C)NS(=O)(=O)c1ccc(C#N)cc1Cl. The number of ether oxygens (including phenoxy) is 1. The number of carbonyl (C=O) groups excluding carboxylic acids is 1. The Bertz CT molecular complexity index is 637. The Kier molecular flexibility index (Phi) is 4.89. The first-order chi connectivity index (χ1) is 8.81. The summed E-state index contributed by atoms with van der Waals surface area (Å²) in [5.74, 6) is -0.714. The van der Waals surface area contributed by atoms with Gasteiger partial charge in [0.25, 0.3) is 0 Å². The van der Waals surface area contributed by atoms with Crippen molar-refractivity contribution in [2.45, 2.75) is 17.9 Å². The zero-order chi connectivity index (χ0) is 14.6. The van der Waals surface area contributed by atoms with Crippen LogP contribution in [0.15, 0.2) is 23.1 Å². The van der Waals surface area contributed by atoms with Crippen molar-refractivity contribution in [2.24, 2.45) is 0 Å². The van der Waals surface area contributed by atoms with Crippen molar-refractivity contribution in [3.8, 4) is 6.07 Å². The fourth-order valence-electron chi connectivity index (χ4n) is 1.31. The van der Waals surface area contributed by atoms with E-state index >= 15 is 0 Å². The van der Waals surface area contributed by atoms with E-state index in [1.54, 1.807) is 0 Å². The number of rotatable bonds is 4. The summed E-state index contributed by atoms with van der Waals surface area (Å²) in [6.45, 7) is 1.35. The van der Waals surface area contributed by atoms with Gasteiger partial charge in [0.15, 0.2) is 0 Å². The summed E-state index contributed by atoms with van der Waals surface area (Å²) in [6.07, 6.45) is 0.